The average molecular weight is 254 g/mol. The van der Waals surface area contributed by atoms with Crippen LogP contribution in [0.15, 0.2) is 0 Å². The molecule has 84 valence electrons. The van der Waals surface area contributed by atoms with Gasteiger partial charge in [0.1, 0.15) is 0 Å². The second-order valence-corrected chi connectivity index (χ2v) is 1.27. The predicted octanol–water partition coefficient (Wildman–Crippen LogP) is -3.47. The van der Waals surface area contributed by atoms with Gasteiger partial charge >= 0.3 is 73.3 Å². The fourth-order valence-electron chi connectivity index (χ4n) is 0. The van der Waals surface area contributed by atoms with Crippen molar-refractivity contribution in [2.24, 2.45) is 0 Å². The second-order valence-electron chi connectivity index (χ2n) is 1.27. The van der Waals surface area contributed by atoms with E-state index in [1.807, 2.05) is 0 Å². The Kier molecular flexibility index (Phi) is 121. The Morgan fingerprint density at radius 1 is 1.07 bits per heavy atom. The Morgan fingerprint density at radius 3 is 1.14 bits per heavy atom. The zero-order valence-corrected chi connectivity index (χ0v) is 6.92. The number of carboxylic acid groups (broad SMARTS) is 2. The van der Waals surface area contributed by atoms with Crippen LogP contribution < -0.4 is 0 Å². The van der Waals surface area contributed by atoms with E-state index in [0.717, 1.165) is 6.92 Å². The Morgan fingerprint density at radius 2 is 1.14 bits per heavy atom. The number of aliphatic carboxylic acids is 2. The summed E-state index contributed by atoms with van der Waals surface area (Å²) in [7, 11) is 0. The predicted molar refractivity (Wildman–Crippen MR) is 57.8 cm³/mol. The van der Waals surface area contributed by atoms with Crippen LogP contribution in [0.4, 0.5) is 0 Å². The molecule has 0 saturated carbocycles. The van der Waals surface area contributed by atoms with Crippen LogP contribution in [0.1, 0.15) is 20.3 Å². The molecule has 0 aliphatic rings. The summed E-state index contributed by atoms with van der Waals surface area (Å²) in [6, 6.07) is 0. The molecule has 0 aromatic heterocycles. The van der Waals surface area contributed by atoms with Gasteiger partial charge in [-0.25, -0.2) is 0 Å². The van der Waals surface area contributed by atoms with Crippen LogP contribution in [0.2, 0.25) is 0 Å². The maximum absolute atomic E-state index is 9.37. The van der Waals surface area contributed by atoms with E-state index in [4.69, 9.17) is 15.0 Å². The molecule has 0 fully saturated rings. The van der Waals surface area contributed by atoms with E-state index in [1.54, 1.807) is 6.92 Å². The molecule has 0 spiro atoms. The first-order valence-electron chi connectivity index (χ1n) is 2.42. The Hall–Kier alpha value is 1.08. The van der Waals surface area contributed by atoms with Gasteiger partial charge in [0.05, 0.1) is 0 Å². The van der Waals surface area contributed by atoms with Crippen LogP contribution in [0.25, 0.3) is 0 Å². The molecule has 0 unspecified atom stereocenters. The van der Waals surface area contributed by atoms with Crippen molar-refractivity contribution < 1.29 is 36.2 Å². The summed E-state index contributed by atoms with van der Waals surface area (Å²) in [6.45, 7) is 2.68. The third-order valence-electron chi connectivity index (χ3n) is 0.302. The van der Waals surface area contributed by atoms with Crippen LogP contribution in [0, 0.1) is 0 Å². The van der Waals surface area contributed by atoms with Crippen LogP contribution in [0.3, 0.4) is 0 Å². The van der Waals surface area contributed by atoms with E-state index in [2.05, 4.69) is 0 Å². The van der Waals surface area contributed by atoms with Gasteiger partial charge in [0.15, 0.2) is 0 Å². The van der Waals surface area contributed by atoms with E-state index < -0.39 is 11.9 Å². The van der Waals surface area contributed by atoms with Crippen LogP contribution in [-0.2, 0) is 9.59 Å². The molecule has 8 N–H and O–H groups in total. The van der Waals surface area contributed by atoms with Gasteiger partial charge in [0.2, 0.25) is 0 Å². The first-order valence-corrected chi connectivity index (χ1v) is 2.42. The summed E-state index contributed by atoms with van der Waals surface area (Å²) in [5.41, 5.74) is 0. The third kappa shape index (κ3) is 201. The number of carbonyl (C=O) groups is 2. The summed E-state index contributed by atoms with van der Waals surface area (Å²) in [4.78, 5) is 18.4. The van der Waals surface area contributed by atoms with Gasteiger partial charge in [0.25, 0.3) is 5.97 Å². The molecule has 0 radical (unpaired) electrons. The number of hydrogen-bond donors (Lipinski definition) is 2. The molecule has 0 atom stereocenters. The maximum atomic E-state index is 9.37. The summed E-state index contributed by atoms with van der Waals surface area (Å²) >= 11 is 0. The van der Waals surface area contributed by atoms with Gasteiger partial charge in [-0.15, -0.1) is 0 Å². The van der Waals surface area contributed by atoms with Crippen molar-refractivity contribution in [3.63, 3.8) is 0 Å². The molecular weight excluding hydrogens is 235 g/mol. The SMILES string of the molecule is CC(=O)O.CCC(=O)O.O.O.O.[CaH2].[NaH]. The molecular formula is C5H19CaNaO7. The molecule has 0 aromatic rings. The van der Waals surface area contributed by atoms with Gasteiger partial charge in [0, 0.05) is 13.3 Å². The molecule has 0 saturated heterocycles. The van der Waals surface area contributed by atoms with E-state index >= 15 is 0 Å². The Balaban J connectivity index is -0.0000000104. The van der Waals surface area contributed by atoms with Crippen LogP contribution in [0.5, 0.6) is 0 Å². The Labute approximate surface area is 134 Å². The minimum atomic E-state index is -0.833. The van der Waals surface area contributed by atoms with E-state index in [-0.39, 0.29) is 90.1 Å². The molecule has 0 aromatic carbocycles. The third-order valence-corrected chi connectivity index (χ3v) is 0.302. The van der Waals surface area contributed by atoms with Crippen molar-refractivity contribution >= 4 is 79.2 Å². The van der Waals surface area contributed by atoms with Gasteiger partial charge < -0.3 is 26.6 Å². The van der Waals surface area contributed by atoms with Gasteiger partial charge in [-0.05, 0) is 0 Å². The molecule has 7 nitrogen and oxygen atoms in total. The molecule has 0 heterocycles. The van der Waals surface area contributed by atoms with Gasteiger partial charge in [-0.3, -0.25) is 9.59 Å². The number of carboxylic acids is 2. The topological polar surface area (TPSA) is 169 Å². The monoisotopic (exact) mass is 254 g/mol. The summed E-state index contributed by atoms with van der Waals surface area (Å²) in [5.74, 6) is -1.58. The summed E-state index contributed by atoms with van der Waals surface area (Å²) in [5, 5.41) is 15.1. The minimum absolute atomic E-state index is 0. The van der Waals surface area contributed by atoms with Crippen molar-refractivity contribution in [2.75, 3.05) is 0 Å². The fourth-order valence-corrected chi connectivity index (χ4v) is 0. The summed E-state index contributed by atoms with van der Waals surface area (Å²) < 4.78 is 0. The average Bonchev–Trinajstić information content (AvgIpc) is 1.65. The van der Waals surface area contributed by atoms with E-state index in [9.17, 15) is 4.79 Å². The van der Waals surface area contributed by atoms with Crippen LogP contribution >= 0.6 is 0 Å². The van der Waals surface area contributed by atoms with Crippen molar-refractivity contribution in [3.8, 4) is 0 Å². The summed E-state index contributed by atoms with van der Waals surface area (Å²) in [6.07, 6.45) is 0.222. The van der Waals surface area contributed by atoms with Gasteiger partial charge in [-0.1, -0.05) is 6.92 Å². The molecule has 0 aliphatic carbocycles. The van der Waals surface area contributed by atoms with Gasteiger partial charge in [-0.2, -0.15) is 0 Å². The van der Waals surface area contributed by atoms with Crippen molar-refractivity contribution in [1.29, 1.82) is 0 Å². The normalized spacial score (nSPS) is 4.43. The fraction of sp³-hybridized carbons (Fsp3) is 0.600. The molecule has 0 aliphatic heterocycles. The Bertz CT molecular complexity index is 106. The van der Waals surface area contributed by atoms with Crippen molar-refractivity contribution in [1.82, 2.24) is 0 Å². The first kappa shape index (κ1) is 45.8. The molecule has 0 bridgehead atoms. The molecule has 0 rings (SSSR count). The van der Waals surface area contributed by atoms with E-state index in [0.29, 0.717) is 0 Å². The molecule has 0 amide bonds. The first-order chi connectivity index (χ1) is 4.00. The van der Waals surface area contributed by atoms with Crippen molar-refractivity contribution in [3.05, 3.63) is 0 Å². The quantitative estimate of drug-likeness (QED) is 0.463. The van der Waals surface area contributed by atoms with Crippen molar-refractivity contribution in [2.45, 2.75) is 20.3 Å². The second kappa shape index (κ2) is 36.9. The standard InChI is InChI=1S/C3H6O2.C2H4O2.Ca.Na.3H2O.3H/c1-2-3(4)5;1-2(3)4;;;;;;;;/h2H2,1H3,(H,4,5);1H3,(H,3,4);;;3*1H2;;;. The van der Waals surface area contributed by atoms with Crippen LogP contribution in [-0.4, -0.2) is 106 Å². The zero-order chi connectivity index (χ0) is 7.86. The number of rotatable bonds is 1. The number of hydrogen-bond acceptors (Lipinski definition) is 2. The van der Waals surface area contributed by atoms with E-state index in [1.165, 1.54) is 0 Å². The molecule has 9 heteroatoms. The molecule has 14 heavy (non-hydrogen) atoms. The zero-order valence-electron chi connectivity index (χ0n) is 6.92.